The molecule has 1 unspecified atom stereocenters. The number of carbonyl (C=O) groups excluding carboxylic acids is 3. The molecule has 6 rings (SSSR count). The number of esters is 2. The van der Waals surface area contributed by atoms with Crippen molar-refractivity contribution in [2.75, 3.05) is 19.0 Å². The lowest BCUT2D eigenvalue weighted by Crippen LogP contribution is -2.35. The first-order chi connectivity index (χ1) is 21.0. The second kappa shape index (κ2) is 12.7. The quantitative estimate of drug-likeness (QED) is 0.245. The van der Waals surface area contributed by atoms with Crippen molar-refractivity contribution in [1.82, 2.24) is 9.88 Å². The first kappa shape index (κ1) is 29.0. The number of pyridine rings is 1. The van der Waals surface area contributed by atoms with Crippen LogP contribution in [0.25, 0.3) is 10.9 Å². The number of thiophene rings is 1. The Hall–Kier alpha value is -4.08. The van der Waals surface area contributed by atoms with Crippen molar-refractivity contribution in [3.05, 3.63) is 93.0 Å². The van der Waals surface area contributed by atoms with E-state index in [1.807, 2.05) is 42.5 Å². The van der Waals surface area contributed by atoms with E-state index in [2.05, 4.69) is 22.3 Å². The largest absolute Gasteiger partial charge is 0.465 e. The molecule has 0 saturated carbocycles. The number of nitrogens with one attached hydrogen (secondary N) is 1. The number of amides is 1. The van der Waals surface area contributed by atoms with Crippen molar-refractivity contribution in [3.8, 4) is 0 Å². The molecule has 8 nitrogen and oxygen atoms in total. The number of nitrogens with zero attached hydrogens (tertiary/aromatic N) is 2. The van der Waals surface area contributed by atoms with Gasteiger partial charge in [0.05, 0.1) is 23.8 Å². The molecule has 1 amide bonds. The van der Waals surface area contributed by atoms with Gasteiger partial charge in [-0.05, 0) is 49.3 Å². The highest BCUT2D eigenvalue weighted by atomic mass is 32.1. The zero-order valence-electron chi connectivity index (χ0n) is 24.5. The first-order valence-corrected chi connectivity index (χ1v) is 15.7. The van der Waals surface area contributed by atoms with Gasteiger partial charge in [0.1, 0.15) is 5.00 Å². The second-order valence-corrected chi connectivity index (χ2v) is 12.2. The predicted molar refractivity (Wildman–Crippen MR) is 166 cm³/mol. The van der Waals surface area contributed by atoms with Crippen LogP contribution in [0.4, 0.5) is 5.00 Å². The minimum Gasteiger partial charge on any atom is -0.465 e. The fraction of sp³-hybridized carbons (Fsp3) is 0.353. The minimum absolute atomic E-state index is 0.279. The van der Waals surface area contributed by atoms with Crippen LogP contribution in [0.1, 0.15) is 74.2 Å². The molecule has 4 aromatic rings. The number of hydrogen-bond donors (Lipinski definition) is 1. The van der Waals surface area contributed by atoms with E-state index < -0.39 is 23.9 Å². The van der Waals surface area contributed by atoms with E-state index in [1.165, 1.54) is 24.0 Å². The fourth-order valence-electron chi connectivity index (χ4n) is 6.13. The third kappa shape index (κ3) is 5.92. The SMILES string of the molecule is CCC(OC(=O)c1c2c(nc3ccccc13)CCN(Cc1ccccc1)C2)C(=O)Nc1sc2c(c1C(=O)OC)CCCC2. The Morgan fingerprint density at radius 3 is 2.51 bits per heavy atom. The van der Waals surface area contributed by atoms with Gasteiger partial charge >= 0.3 is 11.9 Å². The van der Waals surface area contributed by atoms with Crippen molar-refractivity contribution >= 4 is 45.1 Å². The van der Waals surface area contributed by atoms with E-state index in [0.717, 1.165) is 66.0 Å². The Morgan fingerprint density at radius 2 is 1.72 bits per heavy atom. The lowest BCUT2D eigenvalue weighted by Gasteiger charge is -2.30. The van der Waals surface area contributed by atoms with Crippen LogP contribution in [0.2, 0.25) is 0 Å². The standard InChI is InChI=1S/C34H35N3O5S/c1-3-27(31(38)36-32-30(33(39)41-2)23-14-8-10-16-28(23)43-32)42-34(40)29-22-13-7-9-15-25(22)35-26-17-18-37(20-24(26)29)19-21-11-5-4-6-12-21/h4-7,9,11-13,15,27H,3,8,10,14,16-20H2,1-2H3,(H,36,38). The number of fused-ring (bicyclic) bond motifs is 3. The van der Waals surface area contributed by atoms with Crippen molar-refractivity contribution < 1.29 is 23.9 Å². The van der Waals surface area contributed by atoms with Crippen LogP contribution in [0, 0.1) is 0 Å². The Kier molecular flexibility index (Phi) is 8.54. The number of aromatic nitrogens is 1. The minimum atomic E-state index is -1.04. The van der Waals surface area contributed by atoms with Gasteiger partial charge in [-0.15, -0.1) is 11.3 Å². The summed E-state index contributed by atoms with van der Waals surface area (Å²) in [7, 11) is 1.35. The van der Waals surface area contributed by atoms with Crippen LogP contribution in [0.15, 0.2) is 54.6 Å². The van der Waals surface area contributed by atoms with Gasteiger partial charge in [0, 0.05) is 47.6 Å². The molecule has 0 saturated heterocycles. The molecule has 1 aliphatic heterocycles. The zero-order valence-corrected chi connectivity index (χ0v) is 25.3. The lowest BCUT2D eigenvalue weighted by molar-refractivity contribution is -0.124. The number of rotatable bonds is 8. The van der Waals surface area contributed by atoms with E-state index in [1.54, 1.807) is 6.92 Å². The molecular weight excluding hydrogens is 562 g/mol. The molecule has 2 aliphatic rings. The number of anilines is 1. The molecule has 222 valence electrons. The molecule has 1 atom stereocenters. The maximum atomic E-state index is 14.0. The molecule has 1 N–H and O–H groups in total. The highest BCUT2D eigenvalue weighted by Crippen LogP contribution is 2.39. The van der Waals surface area contributed by atoms with Crippen LogP contribution in [-0.4, -0.2) is 47.5 Å². The van der Waals surface area contributed by atoms with Crippen molar-refractivity contribution in [3.63, 3.8) is 0 Å². The Morgan fingerprint density at radius 1 is 0.953 bits per heavy atom. The van der Waals surface area contributed by atoms with E-state index in [9.17, 15) is 14.4 Å². The smallest absolute Gasteiger partial charge is 0.341 e. The summed E-state index contributed by atoms with van der Waals surface area (Å²) in [5.74, 6) is -1.47. The zero-order chi connectivity index (χ0) is 29.9. The van der Waals surface area contributed by atoms with Gasteiger partial charge < -0.3 is 14.8 Å². The molecule has 2 aromatic heterocycles. The molecule has 0 fully saturated rings. The van der Waals surface area contributed by atoms with Crippen molar-refractivity contribution in [2.24, 2.45) is 0 Å². The summed E-state index contributed by atoms with van der Waals surface area (Å²) in [6.07, 6.45) is 3.63. The summed E-state index contributed by atoms with van der Waals surface area (Å²) in [5.41, 5.74) is 5.51. The third-order valence-corrected chi connectivity index (χ3v) is 9.50. The Balaban J connectivity index is 1.27. The topological polar surface area (TPSA) is 97.8 Å². The molecular formula is C34H35N3O5S. The monoisotopic (exact) mass is 597 g/mol. The van der Waals surface area contributed by atoms with Gasteiger partial charge in [-0.3, -0.25) is 14.7 Å². The van der Waals surface area contributed by atoms with E-state index in [4.69, 9.17) is 14.5 Å². The summed E-state index contributed by atoms with van der Waals surface area (Å²) < 4.78 is 11.0. The van der Waals surface area contributed by atoms with Crippen LogP contribution in [-0.2, 0) is 46.6 Å². The first-order valence-electron chi connectivity index (χ1n) is 14.9. The fourth-order valence-corrected chi connectivity index (χ4v) is 7.41. The van der Waals surface area contributed by atoms with Gasteiger partial charge in [-0.1, -0.05) is 55.5 Å². The number of aryl methyl sites for hydroxylation is 1. The van der Waals surface area contributed by atoms with Crippen molar-refractivity contribution in [1.29, 1.82) is 0 Å². The van der Waals surface area contributed by atoms with Gasteiger partial charge in [-0.2, -0.15) is 0 Å². The number of para-hydroxylation sites is 1. The molecule has 43 heavy (non-hydrogen) atoms. The average molecular weight is 598 g/mol. The van der Waals surface area contributed by atoms with Crippen LogP contribution >= 0.6 is 11.3 Å². The number of carbonyl (C=O) groups is 3. The molecule has 2 aromatic carbocycles. The van der Waals surface area contributed by atoms with E-state index in [-0.39, 0.29) is 6.42 Å². The van der Waals surface area contributed by atoms with Crippen LogP contribution in [0.3, 0.4) is 0 Å². The highest BCUT2D eigenvalue weighted by Gasteiger charge is 2.32. The molecule has 9 heteroatoms. The normalized spacial score (nSPS) is 15.3. The molecule has 1 aliphatic carbocycles. The number of hydrogen-bond acceptors (Lipinski definition) is 8. The summed E-state index contributed by atoms with van der Waals surface area (Å²) in [6, 6.07) is 17.8. The summed E-state index contributed by atoms with van der Waals surface area (Å²) in [4.78, 5) is 48.5. The van der Waals surface area contributed by atoms with E-state index in [0.29, 0.717) is 34.5 Å². The molecule has 0 radical (unpaired) electrons. The Labute approximate surface area is 255 Å². The highest BCUT2D eigenvalue weighted by molar-refractivity contribution is 7.17. The average Bonchev–Trinajstić information content (AvgIpc) is 3.40. The predicted octanol–water partition coefficient (Wildman–Crippen LogP) is 6.09. The van der Waals surface area contributed by atoms with Crippen LogP contribution in [0.5, 0.6) is 0 Å². The van der Waals surface area contributed by atoms with Crippen molar-refractivity contribution in [2.45, 2.75) is 64.6 Å². The molecule has 0 bridgehead atoms. The number of methoxy groups -OCH3 is 1. The second-order valence-electron chi connectivity index (χ2n) is 11.1. The number of benzene rings is 2. The summed E-state index contributed by atoms with van der Waals surface area (Å²) in [5, 5.41) is 4.08. The van der Waals surface area contributed by atoms with E-state index >= 15 is 0 Å². The third-order valence-electron chi connectivity index (χ3n) is 8.29. The maximum absolute atomic E-state index is 14.0. The summed E-state index contributed by atoms with van der Waals surface area (Å²) >= 11 is 1.41. The Bertz CT molecular complexity index is 1680. The summed E-state index contributed by atoms with van der Waals surface area (Å²) in [6.45, 7) is 3.95. The maximum Gasteiger partial charge on any atom is 0.341 e. The van der Waals surface area contributed by atoms with Crippen LogP contribution < -0.4 is 5.32 Å². The molecule has 0 spiro atoms. The lowest BCUT2D eigenvalue weighted by atomic mass is 9.95. The molecule has 3 heterocycles. The van der Waals surface area contributed by atoms with Gasteiger partial charge in [0.2, 0.25) is 0 Å². The van der Waals surface area contributed by atoms with Gasteiger partial charge in [0.25, 0.3) is 5.91 Å². The van der Waals surface area contributed by atoms with Gasteiger partial charge in [0.15, 0.2) is 6.10 Å². The van der Waals surface area contributed by atoms with Gasteiger partial charge in [-0.25, -0.2) is 9.59 Å². The number of ether oxygens (including phenoxy) is 2.